The number of fused-ring (bicyclic) bond motifs is 1. The first kappa shape index (κ1) is 17.8. The van der Waals surface area contributed by atoms with Crippen molar-refractivity contribution in [3.8, 4) is 6.07 Å². The molecular formula is C23H21N5O. The average Bonchev–Trinajstić information content (AvgIpc) is 3.59. The molecule has 29 heavy (non-hydrogen) atoms. The molecule has 0 spiro atoms. The Morgan fingerprint density at radius 3 is 2.79 bits per heavy atom. The van der Waals surface area contributed by atoms with Crippen molar-refractivity contribution in [3.05, 3.63) is 75.5 Å². The molecule has 5 rings (SSSR count). The minimum absolute atomic E-state index is 0.0272. The van der Waals surface area contributed by atoms with E-state index >= 15 is 0 Å². The number of aromatic amines is 1. The molecule has 0 radical (unpaired) electrons. The first-order valence-electron chi connectivity index (χ1n) is 9.99. The molecular weight excluding hydrogens is 362 g/mol. The van der Waals surface area contributed by atoms with Crippen molar-refractivity contribution in [2.45, 2.75) is 31.7 Å². The van der Waals surface area contributed by atoms with E-state index in [2.05, 4.69) is 32.0 Å². The number of hydrogen-bond acceptors (Lipinski definition) is 5. The molecule has 4 heterocycles. The molecule has 1 N–H and O–H groups in total. The molecule has 1 saturated carbocycles. The van der Waals surface area contributed by atoms with Crippen LogP contribution in [0.15, 0.2) is 47.5 Å². The molecule has 0 saturated heterocycles. The zero-order valence-electron chi connectivity index (χ0n) is 16.1. The molecule has 0 aromatic carbocycles. The second-order valence-electron chi connectivity index (χ2n) is 7.86. The van der Waals surface area contributed by atoms with Crippen LogP contribution in [0.2, 0.25) is 0 Å². The third-order valence-electron chi connectivity index (χ3n) is 5.72. The summed E-state index contributed by atoms with van der Waals surface area (Å²) in [5, 5.41) is 8.90. The number of nitrogens with one attached hydrogen (secondary N) is 1. The molecule has 6 heteroatoms. The second kappa shape index (κ2) is 7.26. The van der Waals surface area contributed by atoms with Crippen molar-refractivity contribution in [2.75, 3.05) is 13.1 Å². The summed E-state index contributed by atoms with van der Waals surface area (Å²) in [4.78, 5) is 26.7. The summed E-state index contributed by atoms with van der Waals surface area (Å²) in [6, 6.07) is 9.83. The summed E-state index contributed by atoms with van der Waals surface area (Å²) < 4.78 is 0. The van der Waals surface area contributed by atoms with Gasteiger partial charge in [-0.25, -0.2) is 0 Å². The van der Waals surface area contributed by atoms with E-state index in [1.54, 1.807) is 6.20 Å². The third-order valence-corrected chi connectivity index (χ3v) is 5.72. The van der Waals surface area contributed by atoms with Gasteiger partial charge >= 0.3 is 0 Å². The van der Waals surface area contributed by atoms with Gasteiger partial charge in [-0.15, -0.1) is 0 Å². The molecule has 1 aliphatic heterocycles. The van der Waals surface area contributed by atoms with Gasteiger partial charge in [0.15, 0.2) is 0 Å². The van der Waals surface area contributed by atoms with Crippen LogP contribution >= 0.6 is 0 Å². The summed E-state index contributed by atoms with van der Waals surface area (Å²) in [6.45, 7) is 2.56. The highest BCUT2D eigenvalue weighted by Gasteiger charge is 2.26. The Bertz CT molecular complexity index is 1200. The van der Waals surface area contributed by atoms with Crippen LogP contribution in [-0.4, -0.2) is 32.9 Å². The highest BCUT2D eigenvalue weighted by molar-refractivity contribution is 5.75. The van der Waals surface area contributed by atoms with Gasteiger partial charge in [-0.1, -0.05) is 6.08 Å². The number of H-pyrrole nitrogens is 1. The van der Waals surface area contributed by atoms with E-state index in [0.717, 1.165) is 66.8 Å². The largest absolute Gasteiger partial charge is 0.320 e. The van der Waals surface area contributed by atoms with Crippen LogP contribution in [0.3, 0.4) is 0 Å². The first-order valence-corrected chi connectivity index (χ1v) is 9.99. The lowest BCUT2D eigenvalue weighted by Crippen LogP contribution is -2.28. The third kappa shape index (κ3) is 3.69. The Kier molecular flexibility index (Phi) is 4.45. The van der Waals surface area contributed by atoms with Crippen LogP contribution in [0.5, 0.6) is 0 Å². The molecule has 2 aliphatic rings. The molecule has 6 nitrogen and oxygen atoms in total. The average molecular weight is 383 g/mol. The molecule has 1 fully saturated rings. The topological polar surface area (TPSA) is 85.7 Å². The van der Waals surface area contributed by atoms with Crippen LogP contribution in [0, 0.1) is 11.3 Å². The summed E-state index contributed by atoms with van der Waals surface area (Å²) in [6.07, 6.45) is 8.87. The van der Waals surface area contributed by atoms with E-state index in [1.807, 2.05) is 30.5 Å². The minimum Gasteiger partial charge on any atom is -0.320 e. The van der Waals surface area contributed by atoms with E-state index in [0.29, 0.717) is 11.5 Å². The van der Waals surface area contributed by atoms with E-state index in [1.165, 1.54) is 5.57 Å². The quantitative estimate of drug-likeness (QED) is 0.747. The van der Waals surface area contributed by atoms with Gasteiger partial charge in [0.2, 0.25) is 0 Å². The van der Waals surface area contributed by atoms with Gasteiger partial charge in [0.1, 0.15) is 6.07 Å². The molecule has 3 aromatic rings. The van der Waals surface area contributed by atoms with Gasteiger partial charge in [0, 0.05) is 37.6 Å². The fourth-order valence-electron chi connectivity index (χ4n) is 3.92. The van der Waals surface area contributed by atoms with Gasteiger partial charge in [0.25, 0.3) is 5.56 Å². The molecule has 144 valence electrons. The fraction of sp³-hybridized carbons (Fsp3) is 0.304. The standard InChI is InChI=1S/C23H21N5O/c24-11-15-1-4-20(25-12-15)18-5-7-28(8-6-18)14-16-9-22-21(26-13-16)10-19(17-2-3-17)23(29)27-22/h1,4-5,9-10,12-13,17H,2-3,6-8,14H2,(H,27,29). The van der Waals surface area contributed by atoms with Gasteiger partial charge in [-0.05, 0) is 60.6 Å². The summed E-state index contributed by atoms with van der Waals surface area (Å²) in [5.74, 6) is 0.421. The Labute approximate surface area is 168 Å². The lowest BCUT2D eigenvalue weighted by atomic mass is 10.0. The SMILES string of the molecule is N#Cc1ccc(C2=CCN(Cc3cnc4cc(C5CC5)c(=O)[nH]c4c3)CC2)nc1. The molecule has 0 amide bonds. The number of pyridine rings is 3. The van der Waals surface area contributed by atoms with Gasteiger partial charge < -0.3 is 4.98 Å². The van der Waals surface area contributed by atoms with Crippen LogP contribution in [0.25, 0.3) is 16.6 Å². The van der Waals surface area contributed by atoms with E-state index in [4.69, 9.17) is 5.26 Å². The Hall–Kier alpha value is -3.30. The summed E-state index contributed by atoms with van der Waals surface area (Å²) in [7, 11) is 0. The van der Waals surface area contributed by atoms with Crippen molar-refractivity contribution >= 4 is 16.6 Å². The Morgan fingerprint density at radius 1 is 1.21 bits per heavy atom. The monoisotopic (exact) mass is 383 g/mol. The Balaban J connectivity index is 1.30. The molecule has 0 unspecified atom stereocenters. The predicted molar refractivity (Wildman–Crippen MR) is 111 cm³/mol. The maximum atomic E-state index is 12.3. The van der Waals surface area contributed by atoms with Crippen LogP contribution in [0.4, 0.5) is 0 Å². The van der Waals surface area contributed by atoms with Crippen molar-refractivity contribution in [1.29, 1.82) is 5.26 Å². The maximum Gasteiger partial charge on any atom is 0.252 e. The number of nitrogens with zero attached hydrogens (tertiary/aromatic N) is 4. The lowest BCUT2D eigenvalue weighted by molar-refractivity contribution is 0.293. The zero-order valence-corrected chi connectivity index (χ0v) is 16.1. The smallest absolute Gasteiger partial charge is 0.252 e. The molecule has 1 aliphatic carbocycles. The number of nitriles is 1. The normalized spacial score (nSPS) is 17.1. The van der Waals surface area contributed by atoms with Crippen LogP contribution < -0.4 is 5.56 Å². The van der Waals surface area contributed by atoms with Crippen LogP contribution in [0.1, 0.15) is 47.6 Å². The minimum atomic E-state index is 0.0272. The van der Waals surface area contributed by atoms with E-state index in [-0.39, 0.29) is 5.56 Å². The summed E-state index contributed by atoms with van der Waals surface area (Å²) in [5.41, 5.74) is 6.43. The van der Waals surface area contributed by atoms with Gasteiger partial charge in [-0.2, -0.15) is 5.26 Å². The molecule has 0 atom stereocenters. The predicted octanol–water partition coefficient (Wildman–Crippen LogP) is 3.36. The lowest BCUT2D eigenvalue weighted by Gasteiger charge is -2.26. The summed E-state index contributed by atoms with van der Waals surface area (Å²) >= 11 is 0. The van der Waals surface area contributed by atoms with Crippen LogP contribution in [-0.2, 0) is 6.54 Å². The van der Waals surface area contributed by atoms with Crippen molar-refractivity contribution in [3.63, 3.8) is 0 Å². The van der Waals surface area contributed by atoms with Gasteiger partial charge in [0.05, 0.1) is 22.3 Å². The number of rotatable bonds is 4. The number of hydrogen-bond donors (Lipinski definition) is 1. The van der Waals surface area contributed by atoms with Crippen molar-refractivity contribution in [2.24, 2.45) is 0 Å². The van der Waals surface area contributed by atoms with Crippen molar-refractivity contribution < 1.29 is 0 Å². The van der Waals surface area contributed by atoms with Gasteiger partial charge in [-0.3, -0.25) is 19.7 Å². The number of aromatic nitrogens is 3. The van der Waals surface area contributed by atoms with E-state index < -0.39 is 0 Å². The van der Waals surface area contributed by atoms with E-state index in [9.17, 15) is 4.79 Å². The molecule has 3 aromatic heterocycles. The zero-order chi connectivity index (χ0) is 19.8. The highest BCUT2D eigenvalue weighted by Crippen LogP contribution is 2.38. The first-order chi connectivity index (χ1) is 14.2. The second-order valence-corrected chi connectivity index (χ2v) is 7.86. The van der Waals surface area contributed by atoms with Crippen molar-refractivity contribution in [1.82, 2.24) is 19.9 Å². The maximum absolute atomic E-state index is 12.3. The molecule has 0 bridgehead atoms. The fourth-order valence-corrected chi connectivity index (χ4v) is 3.92. The Morgan fingerprint density at radius 2 is 2.10 bits per heavy atom. The highest BCUT2D eigenvalue weighted by atomic mass is 16.1.